The van der Waals surface area contributed by atoms with E-state index in [0.717, 1.165) is 50.4 Å². The molecule has 1 saturated heterocycles. The highest BCUT2D eigenvalue weighted by Crippen LogP contribution is 2.31. The van der Waals surface area contributed by atoms with Gasteiger partial charge in [-0.3, -0.25) is 14.6 Å². The number of piperazine rings is 1. The maximum absolute atomic E-state index is 12.3. The zero-order valence-electron chi connectivity index (χ0n) is 15.3. The van der Waals surface area contributed by atoms with Crippen molar-refractivity contribution in [1.82, 2.24) is 15.2 Å². The zero-order valence-corrected chi connectivity index (χ0v) is 15.3. The van der Waals surface area contributed by atoms with Gasteiger partial charge in [-0.2, -0.15) is 0 Å². The largest absolute Gasteiger partial charge is 0.368 e. The van der Waals surface area contributed by atoms with Crippen LogP contribution in [-0.2, 0) is 11.3 Å². The van der Waals surface area contributed by atoms with Crippen molar-refractivity contribution in [2.45, 2.75) is 19.4 Å². The van der Waals surface area contributed by atoms with E-state index in [1.54, 1.807) is 6.20 Å². The van der Waals surface area contributed by atoms with Crippen molar-refractivity contribution in [1.29, 1.82) is 0 Å². The van der Waals surface area contributed by atoms with Gasteiger partial charge in [0.15, 0.2) is 0 Å². The molecule has 0 radical (unpaired) electrons. The lowest BCUT2D eigenvalue weighted by Gasteiger charge is -2.36. The number of rotatable bonds is 5. The summed E-state index contributed by atoms with van der Waals surface area (Å²) in [6.07, 6.45) is 3.83. The summed E-state index contributed by atoms with van der Waals surface area (Å²) in [6, 6.07) is 13.3. The fourth-order valence-corrected chi connectivity index (χ4v) is 3.37. The Bertz CT molecular complexity index is 795. The molecule has 1 N–H and O–H groups in total. The van der Waals surface area contributed by atoms with Crippen molar-refractivity contribution in [3.05, 3.63) is 59.9 Å². The number of anilines is 1. The van der Waals surface area contributed by atoms with Gasteiger partial charge in [-0.1, -0.05) is 6.07 Å². The Labute approximate surface area is 159 Å². The highest BCUT2D eigenvalue weighted by Gasteiger charge is 2.34. The molecule has 140 valence electrons. The smallest absolute Gasteiger partial charge is 0.251 e. The van der Waals surface area contributed by atoms with Gasteiger partial charge < -0.3 is 15.1 Å². The zero-order chi connectivity index (χ0) is 18.6. The van der Waals surface area contributed by atoms with Gasteiger partial charge >= 0.3 is 0 Å². The number of benzene rings is 1. The number of hydrogen-bond donors (Lipinski definition) is 1. The number of nitrogens with one attached hydrogen (secondary N) is 1. The number of carbonyl (C=O) groups excluding carboxylic acids is 2. The van der Waals surface area contributed by atoms with E-state index in [4.69, 9.17) is 0 Å². The first-order chi connectivity index (χ1) is 13.2. The van der Waals surface area contributed by atoms with Crippen molar-refractivity contribution in [3.63, 3.8) is 0 Å². The molecule has 1 aromatic heterocycles. The van der Waals surface area contributed by atoms with Crippen LogP contribution in [0.2, 0.25) is 0 Å². The van der Waals surface area contributed by atoms with Crippen LogP contribution in [0.15, 0.2) is 48.7 Å². The molecule has 1 aliphatic carbocycles. The number of aromatic nitrogens is 1. The van der Waals surface area contributed by atoms with Crippen LogP contribution in [0.4, 0.5) is 5.69 Å². The van der Waals surface area contributed by atoms with Crippen LogP contribution in [0.5, 0.6) is 0 Å². The van der Waals surface area contributed by atoms with Crippen LogP contribution >= 0.6 is 0 Å². The molecule has 0 spiro atoms. The summed E-state index contributed by atoms with van der Waals surface area (Å²) >= 11 is 0. The van der Waals surface area contributed by atoms with E-state index in [9.17, 15) is 9.59 Å². The van der Waals surface area contributed by atoms with E-state index in [0.29, 0.717) is 23.9 Å². The Hall–Kier alpha value is -2.89. The number of hydrogen-bond acceptors (Lipinski definition) is 4. The lowest BCUT2D eigenvalue weighted by Crippen LogP contribution is -2.49. The highest BCUT2D eigenvalue weighted by molar-refractivity contribution is 5.94. The summed E-state index contributed by atoms with van der Waals surface area (Å²) in [6.45, 7) is 3.65. The van der Waals surface area contributed by atoms with Crippen molar-refractivity contribution < 1.29 is 9.59 Å². The molecule has 2 amide bonds. The molecule has 2 fully saturated rings. The Balaban J connectivity index is 1.29. The van der Waals surface area contributed by atoms with Crippen molar-refractivity contribution in [3.8, 4) is 0 Å². The Morgan fingerprint density at radius 1 is 1.00 bits per heavy atom. The monoisotopic (exact) mass is 364 g/mol. The SMILES string of the molecule is O=C(NCc1ccccn1)c1ccc(N2CCN(C(=O)C3CC3)CC2)cc1. The maximum atomic E-state index is 12.3. The molecule has 2 aliphatic rings. The minimum absolute atomic E-state index is 0.105. The van der Waals surface area contributed by atoms with Gasteiger partial charge in [0.1, 0.15) is 0 Å². The summed E-state index contributed by atoms with van der Waals surface area (Å²) in [7, 11) is 0. The quantitative estimate of drug-likeness (QED) is 0.882. The van der Waals surface area contributed by atoms with Crippen LogP contribution in [0.3, 0.4) is 0 Å². The molecular weight excluding hydrogens is 340 g/mol. The first-order valence-corrected chi connectivity index (χ1v) is 9.52. The number of carbonyl (C=O) groups is 2. The minimum atomic E-state index is -0.105. The standard InChI is InChI=1S/C21H24N4O2/c26-20(23-15-18-3-1-2-10-22-18)16-6-8-19(9-7-16)24-11-13-25(14-12-24)21(27)17-4-5-17/h1-3,6-10,17H,4-5,11-15H2,(H,23,26). The van der Waals surface area contributed by atoms with Crippen LogP contribution in [0, 0.1) is 5.92 Å². The summed E-state index contributed by atoms with van der Waals surface area (Å²) in [4.78, 5) is 32.9. The van der Waals surface area contributed by atoms with Crippen LogP contribution in [0.1, 0.15) is 28.9 Å². The molecule has 6 nitrogen and oxygen atoms in total. The predicted octanol–water partition coefficient (Wildman–Crippen LogP) is 2.07. The van der Waals surface area contributed by atoms with Gasteiger partial charge in [0, 0.05) is 49.5 Å². The van der Waals surface area contributed by atoms with Crippen molar-refractivity contribution in [2.75, 3.05) is 31.1 Å². The van der Waals surface area contributed by atoms with Gasteiger partial charge in [0.25, 0.3) is 5.91 Å². The third-order valence-corrected chi connectivity index (χ3v) is 5.17. The topological polar surface area (TPSA) is 65.5 Å². The third-order valence-electron chi connectivity index (χ3n) is 5.17. The average Bonchev–Trinajstić information content (AvgIpc) is 3.58. The van der Waals surface area contributed by atoms with E-state index in [-0.39, 0.29) is 5.91 Å². The van der Waals surface area contributed by atoms with Crippen LogP contribution in [-0.4, -0.2) is 47.9 Å². The maximum Gasteiger partial charge on any atom is 0.251 e. The number of nitrogens with zero attached hydrogens (tertiary/aromatic N) is 3. The summed E-state index contributed by atoms with van der Waals surface area (Å²) in [5, 5.41) is 2.89. The summed E-state index contributed by atoms with van der Waals surface area (Å²) < 4.78 is 0. The van der Waals surface area contributed by atoms with Crippen LogP contribution in [0.25, 0.3) is 0 Å². The molecule has 1 aromatic carbocycles. The molecule has 1 aliphatic heterocycles. The molecule has 27 heavy (non-hydrogen) atoms. The Morgan fingerprint density at radius 2 is 1.74 bits per heavy atom. The fraction of sp³-hybridized carbons (Fsp3) is 0.381. The molecule has 2 aromatic rings. The van der Waals surface area contributed by atoms with E-state index in [1.807, 2.05) is 47.4 Å². The molecular formula is C21H24N4O2. The molecule has 4 rings (SSSR count). The number of pyridine rings is 1. The lowest BCUT2D eigenvalue weighted by molar-refractivity contribution is -0.132. The fourth-order valence-electron chi connectivity index (χ4n) is 3.37. The Morgan fingerprint density at radius 3 is 2.37 bits per heavy atom. The highest BCUT2D eigenvalue weighted by atomic mass is 16.2. The van der Waals surface area contributed by atoms with Gasteiger partial charge in [-0.25, -0.2) is 0 Å². The molecule has 0 atom stereocenters. The van der Waals surface area contributed by atoms with Crippen molar-refractivity contribution >= 4 is 17.5 Å². The Kier molecular flexibility index (Phi) is 5.05. The van der Waals surface area contributed by atoms with Gasteiger partial charge in [-0.05, 0) is 49.2 Å². The molecule has 0 bridgehead atoms. The molecule has 2 heterocycles. The second-order valence-corrected chi connectivity index (χ2v) is 7.14. The van der Waals surface area contributed by atoms with Crippen molar-refractivity contribution in [2.24, 2.45) is 5.92 Å². The second-order valence-electron chi connectivity index (χ2n) is 7.14. The van der Waals surface area contributed by atoms with E-state index >= 15 is 0 Å². The van der Waals surface area contributed by atoms with Crippen LogP contribution < -0.4 is 10.2 Å². The van der Waals surface area contributed by atoms with Gasteiger partial charge in [0.05, 0.1) is 12.2 Å². The van der Waals surface area contributed by atoms with Gasteiger partial charge in [-0.15, -0.1) is 0 Å². The number of amides is 2. The molecule has 0 unspecified atom stereocenters. The average molecular weight is 364 g/mol. The van der Waals surface area contributed by atoms with Gasteiger partial charge in [0.2, 0.25) is 5.91 Å². The van der Waals surface area contributed by atoms with E-state index in [2.05, 4.69) is 15.2 Å². The van der Waals surface area contributed by atoms with E-state index in [1.165, 1.54) is 0 Å². The lowest BCUT2D eigenvalue weighted by atomic mass is 10.1. The predicted molar refractivity (Wildman–Crippen MR) is 103 cm³/mol. The summed E-state index contributed by atoms with van der Waals surface area (Å²) in [5.74, 6) is 0.516. The second kappa shape index (κ2) is 7.78. The van der Waals surface area contributed by atoms with E-state index < -0.39 is 0 Å². The normalized spacial score (nSPS) is 16.9. The third kappa shape index (κ3) is 4.27. The molecule has 6 heteroatoms. The summed E-state index contributed by atoms with van der Waals surface area (Å²) in [5.41, 5.74) is 2.56. The molecule has 1 saturated carbocycles. The first kappa shape index (κ1) is 17.5. The minimum Gasteiger partial charge on any atom is -0.368 e. The first-order valence-electron chi connectivity index (χ1n) is 9.52.